The number of ether oxygens (including phenoxy) is 1. The zero-order valence-electron chi connectivity index (χ0n) is 16.8. The molecule has 0 aliphatic heterocycles. The van der Waals surface area contributed by atoms with Crippen molar-refractivity contribution in [2.45, 2.75) is 31.3 Å². The molecule has 1 N–H and O–H groups in total. The first-order chi connectivity index (χ1) is 15.0. The minimum Gasteiger partial charge on any atom is -0.465 e. The van der Waals surface area contributed by atoms with Gasteiger partial charge in [0.1, 0.15) is 11.4 Å². The topological polar surface area (TPSA) is 90.3 Å². The number of carbonyl (C=O) groups is 2. The number of nitrogens with one attached hydrogen (secondary N) is 1. The Bertz CT molecular complexity index is 1200. The van der Waals surface area contributed by atoms with Crippen molar-refractivity contribution in [3.8, 4) is 5.69 Å². The Hall–Kier alpha value is -2.36. The largest absolute Gasteiger partial charge is 0.465 e. The Kier molecular flexibility index (Phi) is 6.64. The molecule has 0 fully saturated rings. The predicted octanol–water partition coefficient (Wildman–Crippen LogP) is 3.36. The lowest BCUT2D eigenvalue weighted by Crippen LogP contribution is -2.32. The summed E-state index contributed by atoms with van der Waals surface area (Å²) in [6, 6.07) is 6.95. The van der Waals surface area contributed by atoms with E-state index >= 15 is 0 Å². The van der Waals surface area contributed by atoms with Gasteiger partial charge in [-0.3, -0.25) is 19.0 Å². The quantitative estimate of drug-likeness (QED) is 0.319. The Morgan fingerprint density at radius 2 is 2.06 bits per heavy atom. The third-order valence-electron chi connectivity index (χ3n) is 4.86. The highest BCUT2D eigenvalue weighted by molar-refractivity contribution is 7.99. The van der Waals surface area contributed by atoms with Crippen molar-refractivity contribution in [3.05, 3.63) is 50.1 Å². The zero-order valence-corrected chi connectivity index (χ0v) is 19.2. The molecule has 2 aromatic heterocycles. The summed E-state index contributed by atoms with van der Waals surface area (Å²) in [7, 11) is 0. The number of hydrogen-bond donors (Lipinski definition) is 1. The zero-order chi connectivity index (χ0) is 22.0. The molecule has 10 heteroatoms. The number of amides is 1. The van der Waals surface area contributed by atoms with Gasteiger partial charge in [0, 0.05) is 9.90 Å². The van der Waals surface area contributed by atoms with E-state index < -0.39 is 5.97 Å². The van der Waals surface area contributed by atoms with Crippen molar-refractivity contribution in [2.75, 3.05) is 18.9 Å². The molecule has 0 atom stereocenters. The molecule has 3 aromatic rings. The Morgan fingerprint density at radius 1 is 1.29 bits per heavy atom. The Morgan fingerprint density at radius 3 is 2.81 bits per heavy atom. The van der Waals surface area contributed by atoms with Gasteiger partial charge in [0.15, 0.2) is 5.16 Å². The molecule has 1 aromatic carbocycles. The number of rotatable bonds is 7. The molecule has 1 aliphatic carbocycles. The summed E-state index contributed by atoms with van der Waals surface area (Å²) in [5.41, 5.74) is 1.60. The van der Waals surface area contributed by atoms with Gasteiger partial charge in [-0.05, 0) is 56.0 Å². The van der Waals surface area contributed by atoms with Crippen LogP contribution in [0, 0.1) is 0 Å². The van der Waals surface area contributed by atoms with Crippen molar-refractivity contribution in [1.82, 2.24) is 14.9 Å². The SMILES string of the molecule is CCOC(=O)CNC(=O)CSc1nc2sc3c(c2c(=O)n1-c1ccc(Cl)cc1)CCC3. The number of aromatic nitrogens is 2. The molecule has 1 aliphatic rings. The van der Waals surface area contributed by atoms with E-state index in [1.807, 2.05) is 0 Å². The molecule has 7 nitrogen and oxygen atoms in total. The molecule has 4 rings (SSSR count). The van der Waals surface area contributed by atoms with Gasteiger partial charge >= 0.3 is 5.97 Å². The molecule has 0 saturated carbocycles. The molecule has 2 heterocycles. The van der Waals surface area contributed by atoms with Gasteiger partial charge in [-0.2, -0.15) is 0 Å². The summed E-state index contributed by atoms with van der Waals surface area (Å²) in [4.78, 5) is 43.8. The highest BCUT2D eigenvalue weighted by Crippen LogP contribution is 2.36. The number of nitrogens with zero attached hydrogens (tertiary/aromatic N) is 2. The van der Waals surface area contributed by atoms with Crippen LogP contribution in [0.2, 0.25) is 5.02 Å². The molecule has 0 spiro atoms. The lowest BCUT2D eigenvalue weighted by molar-refractivity contribution is -0.143. The van der Waals surface area contributed by atoms with Crippen molar-refractivity contribution >= 4 is 56.8 Å². The van der Waals surface area contributed by atoms with Crippen LogP contribution in [0.4, 0.5) is 0 Å². The first-order valence-corrected chi connectivity index (χ1v) is 12.0. The second kappa shape index (κ2) is 9.42. The molecule has 1 amide bonds. The first kappa shape index (κ1) is 21.9. The van der Waals surface area contributed by atoms with E-state index in [1.54, 1.807) is 42.5 Å². The number of halogens is 1. The molecule has 0 bridgehead atoms. The van der Waals surface area contributed by atoms with Gasteiger partial charge in [-0.25, -0.2) is 4.98 Å². The second-order valence-corrected chi connectivity index (χ2v) is 9.38. The lowest BCUT2D eigenvalue weighted by Gasteiger charge is -2.12. The van der Waals surface area contributed by atoms with Gasteiger partial charge in [0.2, 0.25) is 5.91 Å². The van der Waals surface area contributed by atoms with Gasteiger partial charge < -0.3 is 10.1 Å². The smallest absolute Gasteiger partial charge is 0.325 e. The summed E-state index contributed by atoms with van der Waals surface area (Å²) in [5.74, 6) is -0.828. The van der Waals surface area contributed by atoms with Gasteiger partial charge in [0.05, 0.1) is 23.4 Å². The van der Waals surface area contributed by atoms with E-state index in [0.717, 1.165) is 36.6 Å². The fraction of sp³-hybridized carbons (Fsp3) is 0.333. The molecule has 0 unspecified atom stereocenters. The van der Waals surface area contributed by atoms with Crippen LogP contribution in [0.1, 0.15) is 23.8 Å². The standard InChI is InChI=1S/C21H20ClN3O4S2/c1-2-29-17(27)10-23-16(26)11-30-21-24-19-18(14-4-3-5-15(14)31-19)20(28)25(21)13-8-6-12(22)7-9-13/h6-9H,2-5,10-11H2,1H3,(H,23,26). The molecule has 0 saturated heterocycles. The average Bonchev–Trinajstić information content (AvgIpc) is 3.33. The number of aryl methyl sites for hydroxylation is 2. The van der Waals surface area contributed by atoms with E-state index in [-0.39, 0.29) is 30.4 Å². The van der Waals surface area contributed by atoms with Crippen molar-refractivity contribution < 1.29 is 14.3 Å². The minimum absolute atomic E-state index is 0.00995. The molecule has 162 valence electrons. The maximum absolute atomic E-state index is 13.5. The Balaban J connectivity index is 1.66. The maximum atomic E-state index is 13.5. The van der Waals surface area contributed by atoms with Crippen LogP contribution in [-0.2, 0) is 27.2 Å². The third-order valence-corrected chi connectivity index (χ3v) is 7.24. The molecule has 0 radical (unpaired) electrons. The highest BCUT2D eigenvalue weighted by Gasteiger charge is 2.24. The van der Waals surface area contributed by atoms with Crippen LogP contribution >= 0.6 is 34.7 Å². The first-order valence-electron chi connectivity index (χ1n) is 9.86. The van der Waals surface area contributed by atoms with Crippen LogP contribution in [0.15, 0.2) is 34.2 Å². The molecular formula is C21H20ClN3O4S2. The van der Waals surface area contributed by atoms with E-state index in [4.69, 9.17) is 21.3 Å². The number of fused-ring (bicyclic) bond motifs is 3. The Labute approximate surface area is 191 Å². The second-order valence-electron chi connectivity index (χ2n) is 6.92. The van der Waals surface area contributed by atoms with Crippen LogP contribution in [0.5, 0.6) is 0 Å². The van der Waals surface area contributed by atoms with Crippen LogP contribution in [0.3, 0.4) is 0 Å². The number of benzene rings is 1. The van der Waals surface area contributed by atoms with Gasteiger partial charge in [-0.15, -0.1) is 11.3 Å². The third kappa shape index (κ3) is 4.63. The molecule has 31 heavy (non-hydrogen) atoms. The minimum atomic E-state index is -0.494. The summed E-state index contributed by atoms with van der Waals surface area (Å²) < 4.78 is 6.34. The number of thioether (sulfide) groups is 1. The van der Waals surface area contributed by atoms with Crippen molar-refractivity contribution in [3.63, 3.8) is 0 Å². The number of carbonyl (C=O) groups excluding carboxylic acids is 2. The van der Waals surface area contributed by atoms with Crippen LogP contribution in [-0.4, -0.2) is 40.3 Å². The number of esters is 1. The van der Waals surface area contributed by atoms with Gasteiger partial charge in [0.25, 0.3) is 5.56 Å². The van der Waals surface area contributed by atoms with E-state index in [1.165, 1.54) is 9.44 Å². The van der Waals surface area contributed by atoms with Crippen molar-refractivity contribution in [2.24, 2.45) is 0 Å². The lowest BCUT2D eigenvalue weighted by atomic mass is 10.2. The highest BCUT2D eigenvalue weighted by atomic mass is 35.5. The predicted molar refractivity (Wildman–Crippen MR) is 123 cm³/mol. The molecular weight excluding hydrogens is 458 g/mol. The van der Waals surface area contributed by atoms with Crippen LogP contribution < -0.4 is 10.9 Å². The number of hydrogen-bond acceptors (Lipinski definition) is 7. The van der Waals surface area contributed by atoms with E-state index in [9.17, 15) is 14.4 Å². The summed E-state index contributed by atoms with van der Waals surface area (Å²) >= 11 is 8.73. The van der Waals surface area contributed by atoms with E-state index in [0.29, 0.717) is 26.1 Å². The van der Waals surface area contributed by atoms with E-state index in [2.05, 4.69) is 5.32 Å². The van der Waals surface area contributed by atoms with Crippen molar-refractivity contribution in [1.29, 1.82) is 0 Å². The fourth-order valence-electron chi connectivity index (χ4n) is 3.50. The monoisotopic (exact) mass is 477 g/mol. The van der Waals surface area contributed by atoms with Gasteiger partial charge in [-0.1, -0.05) is 23.4 Å². The van der Waals surface area contributed by atoms with Crippen LogP contribution in [0.25, 0.3) is 15.9 Å². The fourth-order valence-corrected chi connectivity index (χ4v) is 5.77. The summed E-state index contributed by atoms with van der Waals surface area (Å²) in [6.07, 6.45) is 2.90. The summed E-state index contributed by atoms with van der Waals surface area (Å²) in [6.45, 7) is 1.76. The summed E-state index contributed by atoms with van der Waals surface area (Å²) in [5, 5.41) is 4.18. The normalized spacial score (nSPS) is 12.7. The number of thiophene rings is 1. The maximum Gasteiger partial charge on any atom is 0.325 e. The average molecular weight is 478 g/mol.